The van der Waals surface area contributed by atoms with Crippen molar-refractivity contribution in [1.29, 1.82) is 0 Å². The maximum Gasteiger partial charge on any atom is 0.355 e. The second kappa shape index (κ2) is 14.9. The van der Waals surface area contributed by atoms with E-state index in [-0.39, 0.29) is 51.2 Å². The molecule has 15 nitrogen and oxygen atoms in total. The number of pyridine rings is 1. The molecule has 306 valence electrons. The molecule has 4 N–H and O–H groups in total. The molecule has 0 amide bonds. The van der Waals surface area contributed by atoms with Crippen molar-refractivity contribution in [3.63, 3.8) is 0 Å². The Morgan fingerprint density at radius 1 is 0.931 bits per heavy atom. The fourth-order valence-corrected chi connectivity index (χ4v) is 11.8. The molecule has 4 heterocycles. The number of nitrogens with zero attached hydrogens (tertiary/aromatic N) is 6. The van der Waals surface area contributed by atoms with Crippen LogP contribution in [0.3, 0.4) is 0 Å². The van der Waals surface area contributed by atoms with Crippen molar-refractivity contribution >= 4 is 54.4 Å². The van der Waals surface area contributed by atoms with Crippen molar-refractivity contribution in [2.75, 3.05) is 30.8 Å². The quantitative estimate of drug-likeness (QED) is 0.0495. The number of carboxylic acid groups (broad SMARTS) is 1. The predicted octanol–water partition coefficient (Wildman–Crippen LogP) is 6.64. The zero-order chi connectivity index (χ0) is 41.1. The van der Waals surface area contributed by atoms with Crippen molar-refractivity contribution in [1.82, 2.24) is 35.3 Å². The van der Waals surface area contributed by atoms with Crippen LogP contribution in [0.5, 0.6) is 0 Å². The van der Waals surface area contributed by atoms with Crippen LogP contribution < -0.4 is 10.6 Å². The number of aryl methyl sites for hydroxylation is 1. The van der Waals surface area contributed by atoms with Gasteiger partial charge in [0, 0.05) is 36.5 Å². The van der Waals surface area contributed by atoms with Gasteiger partial charge in [-0.3, -0.25) is 14.0 Å². The molecule has 4 bridgehead atoms. The first-order valence-electron chi connectivity index (χ1n) is 19.5. The molecule has 4 aliphatic rings. The predicted molar refractivity (Wildman–Crippen MR) is 219 cm³/mol. The highest BCUT2D eigenvalue weighted by Crippen LogP contribution is 2.69. The Labute approximate surface area is 340 Å². The molecule has 0 radical (unpaired) electrons. The van der Waals surface area contributed by atoms with Gasteiger partial charge in [-0.1, -0.05) is 37.3 Å². The molecule has 2 atom stereocenters. The van der Waals surface area contributed by atoms with E-state index in [0.717, 1.165) is 60.9 Å². The van der Waals surface area contributed by atoms with Gasteiger partial charge in [0.25, 0.3) is 10.1 Å². The van der Waals surface area contributed by atoms with Crippen molar-refractivity contribution in [3.8, 4) is 11.1 Å². The number of ether oxygens (including phenoxy) is 1. The largest absolute Gasteiger partial charge is 0.476 e. The molecule has 0 aliphatic heterocycles. The van der Waals surface area contributed by atoms with Gasteiger partial charge in [0.1, 0.15) is 11.4 Å². The lowest BCUT2D eigenvalue weighted by Crippen LogP contribution is -2.55. The van der Waals surface area contributed by atoms with Crippen LogP contribution in [-0.2, 0) is 21.4 Å². The maximum atomic E-state index is 13.6. The Kier molecular flexibility index (Phi) is 10.3. The zero-order valence-corrected chi connectivity index (χ0v) is 34.7. The lowest BCUT2D eigenvalue weighted by Gasteiger charge is -2.61. The molecule has 2 unspecified atom stereocenters. The summed E-state index contributed by atoms with van der Waals surface area (Å²) < 4.78 is 41.0. The molecule has 0 saturated heterocycles. The maximum absolute atomic E-state index is 13.6. The number of aromatic carboxylic acids is 1. The van der Waals surface area contributed by atoms with Gasteiger partial charge in [-0.05, 0) is 111 Å². The van der Waals surface area contributed by atoms with E-state index in [1.54, 1.807) is 25.3 Å². The number of rotatable bonds is 15. The number of carbonyl (C=O) groups excluding carboxylic acids is 1. The van der Waals surface area contributed by atoms with Crippen LogP contribution in [0.2, 0.25) is 0 Å². The van der Waals surface area contributed by atoms with Crippen molar-refractivity contribution in [3.05, 3.63) is 77.0 Å². The number of thiazole rings is 1. The summed E-state index contributed by atoms with van der Waals surface area (Å²) in [4.78, 5) is 35.2. The third-order valence-electron chi connectivity index (χ3n) is 12.3. The number of anilines is 2. The van der Waals surface area contributed by atoms with Gasteiger partial charge in [0.05, 0.1) is 34.4 Å². The summed E-state index contributed by atoms with van der Waals surface area (Å²) in [6.45, 7) is 10.2. The minimum atomic E-state index is -4.03. The molecule has 1 aromatic carbocycles. The molecule has 5 aromatic rings. The molecular weight excluding hydrogens is 781 g/mol. The molecular formula is C41H48N8O7S2. The summed E-state index contributed by atoms with van der Waals surface area (Å²) in [6, 6.07) is 12.5. The van der Waals surface area contributed by atoms with E-state index < -0.39 is 21.9 Å². The Hall–Kier alpha value is -4.68. The van der Waals surface area contributed by atoms with Gasteiger partial charge < -0.3 is 20.5 Å². The topological polar surface area (TPSA) is 211 Å². The normalized spacial score (nSPS) is 25.3. The van der Waals surface area contributed by atoms with Crippen molar-refractivity contribution in [2.24, 2.45) is 16.2 Å². The number of para-hydroxylation sites is 1. The van der Waals surface area contributed by atoms with E-state index in [4.69, 9.17) is 14.4 Å². The standard InChI is InChI=1S/C41H48N8O7S2/c1-25-17-31(47-48-35(25)46-37-45-29-7-5-6-8-32(29)57-37)34(50)30-10-9-27(33(44-30)36(51)52)28-18-43-49(26(28)2)24-40-20-39(4,21-40)19-38(3)11-12-41(22-38,23-40)56-15-13-42-14-16-58(53,54)55/h5-10,17-18,42H,11-16,19-24H2,1-4H3,(H,51,52)(H,45,46,48)(H,53,54,55). The molecule has 4 saturated carbocycles. The van der Waals surface area contributed by atoms with Gasteiger partial charge >= 0.3 is 5.97 Å². The van der Waals surface area contributed by atoms with E-state index in [0.29, 0.717) is 47.3 Å². The monoisotopic (exact) mass is 828 g/mol. The number of carboxylic acids is 1. The number of benzene rings is 1. The first kappa shape index (κ1) is 40.1. The van der Waals surface area contributed by atoms with Gasteiger partial charge in [-0.15, -0.1) is 10.2 Å². The molecule has 4 aromatic heterocycles. The molecule has 17 heteroatoms. The highest BCUT2D eigenvalue weighted by Gasteiger charge is 2.63. The average Bonchev–Trinajstić information content (AvgIpc) is 3.83. The van der Waals surface area contributed by atoms with Gasteiger partial charge in [-0.25, -0.2) is 14.8 Å². The van der Waals surface area contributed by atoms with E-state index in [1.807, 2.05) is 35.9 Å². The third kappa shape index (κ3) is 8.14. The smallest absolute Gasteiger partial charge is 0.355 e. The third-order valence-corrected chi connectivity index (χ3v) is 13.9. The fourth-order valence-electron chi connectivity index (χ4n) is 10.5. The molecule has 4 aliphatic carbocycles. The summed E-state index contributed by atoms with van der Waals surface area (Å²) in [6.07, 6.45) is 8.72. The molecule has 4 fully saturated rings. The van der Waals surface area contributed by atoms with E-state index in [9.17, 15) is 23.1 Å². The molecule has 9 rings (SSSR count). The Morgan fingerprint density at radius 2 is 1.72 bits per heavy atom. The number of ketones is 1. The minimum absolute atomic E-state index is 0.0386. The van der Waals surface area contributed by atoms with E-state index >= 15 is 0 Å². The molecule has 0 spiro atoms. The van der Waals surface area contributed by atoms with Crippen LogP contribution >= 0.6 is 11.3 Å². The summed E-state index contributed by atoms with van der Waals surface area (Å²) >= 11 is 1.48. The number of fused-ring (bicyclic) bond motifs is 1. The van der Waals surface area contributed by atoms with Crippen LogP contribution in [0.1, 0.15) is 96.7 Å². The first-order valence-corrected chi connectivity index (χ1v) is 22.0. The second-order valence-corrected chi connectivity index (χ2v) is 20.1. The fraction of sp³-hybridized carbons (Fsp3) is 0.488. The number of carbonyl (C=O) groups is 2. The Morgan fingerprint density at radius 3 is 2.47 bits per heavy atom. The van der Waals surface area contributed by atoms with E-state index in [2.05, 4.69) is 44.6 Å². The molecule has 58 heavy (non-hydrogen) atoms. The Bertz CT molecular complexity index is 2500. The average molecular weight is 829 g/mol. The van der Waals surface area contributed by atoms with Crippen molar-refractivity contribution in [2.45, 2.75) is 84.8 Å². The highest BCUT2D eigenvalue weighted by atomic mass is 32.2. The summed E-state index contributed by atoms with van der Waals surface area (Å²) in [5.74, 6) is -1.70. The van der Waals surface area contributed by atoms with Crippen LogP contribution in [0.4, 0.5) is 10.9 Å². The zero-order valence-electron chi connectivity index (χ0n) is 33.0. The van der Waals surface area contributed by atoms with Gasteiger partial charge in [0.15, 0.2) is 16.6 Å². The second-order valence-electron chi connectivity index (χ2n) is 17.5. The summed E-state index contributed by atoms with van der Waals surface area (Å²) in [7, 11) is -4.03. The first-order chi connectivity index (χ1) is 27.4. The number of hydrogen-bond donors (Lipinski definition) is 4. The summed E-state index contributed by atoms with van der Waals surface area (Å²) in [5, 5.41) is 30.4. The van der Waals surface area contributed by atoms with Crippen LogP contribution in [0.25, 0.3) is 21.3 Å². The SMILES string of the molecule is Cc1cc(C(=O)c2ccc(-c3cnn(CC45CC(C)(CC6(C)CCC(OCCNCCS(=O)(=O)O)(C6)C4)C5)c3C)c(C(=O)O)n2)nnc1Nc1nc2ccccc2s1. The van der Waals surface area contributed by atoms with E-state index in [1.165, 1.54) is 17.4 Å². The van der Waals surface area contributed by atoms with Gasteiger partial charge in [0.2, 0.25) is 5.78 Å². The van der Waals surface area contributed by atoms with Crippen LogP contribution in [0, 0.1) is 30.1 Å². The minimum Gasteiger partial charge on any atom is -0.476 e. The van der Waals surface area contributed by atoms with Gasteiger partial charge in [-0.2, -0.15) is 13.5 Å². The number of hydrogen-bond acceptors (Lipinski definition) is 13. The van der Waals surface area contributed by atoms with Crippen LogP contribution in [0.15, 0.2) is 48.7 Å². The lowest BCUT2D eigenvalue weighted by atomic mass is 9.46. The Balaban J connectivity index is 0.987. The van der Waals surface area contributed by atoms with Crippen molar-refractivity contribution < 1.29 is 32.4 Å². The van der Waals surface area contributed by atoms with Crippen LogP contribution in [-0.4, -0.2) is 90.8 Å². The number of aromatic nitrogens is 6. The number of nitrogens with one attached hydrogen (secondary N) is 2. The highest BCUT2D eigenvalue weighted by molar-refractivity contribution is 7.85. The lowest BCUT2D eigenvalue weighted by molar-refractivity contribution is -0.159. The summed E-state index contributed by atoms with van der Waals surface area (Å²) in [5.41, 5.74) is 3.06.